The molecule has 0 aliphatic carbocycles. The molecule has 0 atom stereocenters. The Kier molecular flexibility index (Phi) is 8.99. The molecular weight excluding hydrogens is 224 g/mol. The number of carbonyl (C=O) groups excluding carboxylic acids is 1. The first-order valence-corrected chi connectivity index (χ1v) is 5.40. The molecule has 0 aromatic carbocycles. The predicted molar refractivity (Wildman–Crippen MR) is 63.8 cm³/mol. The molecule has 0 bridgehead atoms. The largest absolute Gasteiger partial charge is 0.480 e. The zero-order valence-corrected chi connectivity index (χ0v) is 10.1. The SMILES string of the molecule is C=CCN(CC(=O)O)CC(=O)NCCCOC. The lowest BCUT2D eigenvalue weighted by Crippen LogP contribution is -2.40. The number of nitrogens with one attached hydrogen (secondary N) is 1. The number of methoxy groups -OCH3 is 1. The lowest BCUT2D eigenvalue weighted by molar-refractivity contribution is -0.138. The second-order valence-electron chi connectivity index (χ2n) is 3.55. The summed E-state index contributed by atoms with van der Waals surface area (Å²) in [6.07, 6.45) is 2.31. The maximum absolute atomic E-state index is 11.5. The number of carboxylic acid groups (broad SMARTS) is 1. The van der Waals surface area contributed by atoms with Gasteiger partial charge in [0.25, 0.3) is 0 Å². The normalized spacial score (nSPS) is 10.2. The van der Waals surface area contributed by atoms with E-state index in [4.69, 9.17) is 9.84 Å². The van der Waals surface area contributed by atoms with Gasteiger partial charge in [-0.3, -0.25) is 14.5 Å². The van der Waals surface area contributed by atoms with Gasteiger partial charge in [-0.2, -0.15) is 0 Å². The number of ether oxygens (including phenoxy) is 1. The summed E-state index contributed by atoms with van der Waals surface area (Å²) in [4.78, 5) is 23.5. The highest BCUT2D eigenvalue weighted by atomic mass is 16.5. The first-order valence-electron chi connectivity index (χ1n) is 5.40. The fourth-order valence-electron chi connectivity index (χ4n) is 1.26. The van der Waals surface area contributed by atoms with E-state index in [1.165, 1.54) is 4.90 Å². The van der Waals surface area contributed by atoms with Crippen LogP contribution in [0.25, 0.3) is 0 Å². The van der Waals surface area contributed by atoms with Crippen molar-refractivity contribution < 1.29 is 19.4 Å². The lowest BCUT2D eigenvalue weighted by atomic mass is 10.4. The van der Waals surface area contributed by atoms with E-state index in [1.807, 2.05) is 0 Å². The minimum absolute atomic E-state index is 0.0608. The maximum Gasteiger partial charge on any atom is 0.317 e. The van der Waals surface area contributed by atoms with Crippen molar-refractivity contribution in [2.45, 2.75) is 6.42 Å². The van der Waals surface area contributed by atoms with Gasteiger partial charge in [0.1, 0.15) is 0 Å². The molecule has 0 rings (SSSR count). The molecule has 6 nitrogen and oxygen atoms in total. The van der Waals surface area contributed by atoms with Crippen LogP contribution in [0, 0.1) is 0 Å². The summed E-state index contributed by atoms with van der Waals surface area (Å²) in [5, 5.41) is 11.3. The van der Waals surface area contributed by atoms with Gasteiger partial charge in [0.2, 0.25) is 5.91 Å². The van der Waals surface area contributed by atoms with Crippen molar-refractivity contribution in [3.8, 4) is 0 Å². The molecule has 0 radical (unpaired) electrons. The summed E-state index contributed by atoms with van der Waals surface area (Å²) in [7, 11) is 1.60. The molecule has 0 unspecified atom stereocenters. The standard InChI is InChI=1S/C11H20N2O4/c1-3-6-13(9-11(15)16)8-10(14)12-5-4-7-17-2/h3H,1,4-9H2,2H3,(H,12,14)(H,15,16). The van der Waals surface area contributed by atoms with Crippen molar-refractivity contribution in [1.82, 2.24) is 10.2 Å². The molecule has 0 aliphatic heterocycles. The Morgan fingerprint density at radius 1 is 1.47 bits per heavy atom. The third-order valence-corrected chi connectivity index (χ3v) is 1.96. The van der Waals surface area contributed by atoms with Gasteiger partial charge in [-0.25, -0.2) is 0 Å². The minimum Gasteiger partial charge on any atom is -0.480 e. The van der Waals surface area contributed by atoms with E-state index in [2.05, 4.69) is 11.9 Å². The summed E-state index contributed by atoms with van der Waals surface area (Å²) >= 11 is 0. The Balaban J connectivity index is 3.86. The Morgan fingerprint density at radius 2 is 2.18 bits per heavy atom. The number of nitrogens with zero attached hydrogens (tertiary/aromatic N) is 1. The average Bonchev–Trinajstić information content (AvgIpc) is 2.24. The number of amides is 1. The molecule has 0 aromatic heterocycles. The van der Waals surface area contributed by atoms with E-state index in [1.54, 1.807) is 13.2 Å². The smallest absolute Gasteiger partial charge is 0.317 e. The molecule has 98 valence electrons. The van der Waals surface area contributed by atoms with Gasteiger partial charge in [0.05, 0.1) is 13.1 Å². The minimum atomic E-state index is -0.959. The van der Waals surface area contributed by atoms with Crippen LogP contribution in [-0.4, -0.2) is 61.8 Å². The maximum atomic E-state index is 11.5. The highest BCUT2D eigenvalue weighted by molar-refractivity contribution is 5.79. The fourth-order valence-corrected chi connectivity index (χ4v) is 1.26. The summed E-state index contributed by atoms with van der Waals surface area (Å²) in [6.45, 7) is 4.90. The van der Waals surface area contributed by atoms with Crippen LogP contribution in [0.5, 0.6) is 0 Å². The molecule has 0 fully saturated rings. The highest BCUT2D eigenvalue weighted by Crippen LogP contribution is 1.89. The number of carbonyl (C=O) groups is 2. The van der Waals surface area contributed by atoms with Crippen molar-refractivity contribution in [2.24, 2.45) is 0 Å². The summed E-state index contributed by atoms with van der Waals surface area (Å²) in [6, 6.07) is 0. The van der Waals surface area contributed by atoms with Crippen LogP contribution in [0.15, 0.2) is 12.7 Å². The van der Waals surface area contributed by atoms with E-state index < -0.39 is 5.97 Å². The molecule has 2 N–H and O–H groups in total. The molecule has 6 heteroatoms. The van der Waals surface area contributed by atoms with Crippen molar-refractivity contribution >= 4 is 11.9 Å². The van der Waals surface area contributed by atoms with Crippen LogP contribution >= 0.6 is 0 Å². The van der Waals surface area contributed by atoms with Gasteiger partial charge in [-0.15, -0.1) is 6.58 Å². The van der Waals surface area contributed by atoms with Gasteiger partial charge in [-0.1, -0.05) is 6.08 Å². The predicted octanol–water partition coefficient (Wildman–Crippen LogP) is -0.288. The van der Waals surface area contributed by atoms with Crippen LogP contribution in [0.2, 0.25) is 0 Å². The molecule has 0 heterocycles. The van der Waals surface area contributed by atoms with Gasteiger partial charge >= 0.3 is 5.97 Å². The fraction of sp³-hybridized carbons (Fsp3) is 0.636. The van der Waals surface area contributed by atoms with Crippen molar-refractivity contribution in [2.75, 3.05) is 39.9 Å². The Bertz CT molecular complexity index is 256. The topological polar surface area (TPSA) is 78.9 Å². The zero-order valence-electron chi connectivity index (χ0n) is 10.1. The number of carboxylic acids is 1. The molecule has 0 aliphatic rings. The van der Waals surface area contributed by atoms with Crippen molar-refractivity contribution in [3.05, 3.63) is 12.7 Å². The van der Waals surface area contributed by atoms with Crippen LogP contribution in [-0.2, 0) is 14.3 Å². The van der Waals surface area contributed by atoms with Gasteiger partial charge in [0.15, 0.2) is 0 Å². The molecular formula is C11H20N2O4. The van der Waals surface area contributed by atoms with E-state index in [-0.39, 0.29) is 19.0 Å². The first kappa shape index (κ1) is 15.6. The van der Waals surface area contributed by atoms with Crippen LogP contribution in [0.3, 0.4) is 0 Å². The quantitative estimate of drug-likeness (QED) is 0.408. The van der Waals surface area contributed by atoms with Crippen LogP contribution in [0.1, 0.15) is 6.42 Å². The monoisotopic (exact) mass is 244 g/mol. The van der Waals surface area contributed by atoms with Crippen molar-refractivity contribution in [3.63, 3.8) is 0 Å². The van der Waals surface area contributed by atoms with E-state index in [0.29, 0.717) is 19.7 Å². The zero-order chi connectivity index (χ0) is 13.1. The number of hydrogen-bond acceptors (Lipinski definition) is 4. The third-order valence-electron chi connectivity index (χ3n) is 1.96. The number of aliphatic carboxylic acids is 1. The molecule has 0 spiro atoms. The molecule has 0 saturated carbocycles. The Labute approximate surface area is 101 Å². The molecule has 17 heavy (non-hydrogen) atoms. The van der Waals surface area contributed by atoms with Crippen LogP contribution in [0.4, 0.5) is 0 Å². The Morgan fingerprint density at radius 3 is 2.71 bits per heavy atom. The van der Waals surface area contributed by atoms with Crippen LogP contribution < -0.4 is 5.32 Å². The van der Waals surface area contributed by atoms with Gasteiger partial charge in [-0.05, 0) is 6.42 Å². The van der Waals surface area contributed by atoms with Gasteiger partial charge < -0.3 is 15.2 Å². The number of hydrogen-bond donors (Lipinski definition) is 2. The second-order valence-corrected chi connectivity index (χ2v) is 3.55. The van der Waals surface area contributed by atoms with E-state index >= 15 is 0 Å². The average molecular weight is 244 g/mol. The first-order chi connectivity index (χ1) is 8.10. The lowest BCUT2D eigenvalue weighted by Gasteiger charge is -2.17. The molecule has 0 saturated heterocycles. The molecule has 1 amide bonds. The van der Waals surface area contributed by atoms with Gasteiger partial charge in [0, 0.05) is 26.8 Å². The number of rotatable bonds is 10. The van der Waals surface area contributed by atoms with E-state index in [9.17, 15) is 9.59 Å². The molecule has 0 aromatic rings. The summed E-state index contributed by atoms with van der Waals surface area (Å²) < 4.78 is 4.84. The van der Waals surface area contributed by atoms with Crippen molar-refractivity contribution in [1.29, 1.82) is 0 Å². The highest BCUT2D eigenvalue weighted by Gasteiger charge is 2.11. The second kappa shape index (κ2) is 9.80. The Hall–Kier alpha value is -1.40. The summed E-state index contributed by atoms with van der Waals surface area (Å²) in [5.74, 6) is -1.15. The van der Waals surface area contributed by atoms with E-state index in [0.717, 1.165) is 6.42 Å². The summed E-state index contributed by atoms with van der Waals surface area (Å²) in [5.41, 5.74) is 0. The third kappa shape index (κ3) is 9.52.